The molecule has 1 aromatic carbocycles. The fraction of sp³-hybridized carbons (Fsp3) is 0.0667. The van der Waals surface area contributed by atoms with Gasteiger partial charge in [0.25, 0.3) is 0 Å². The normalized spacial score (nSPS) is 10.8. The molecular formula is C15H11FN2O2. The smallest absolute Gasteiger partial charge is 0.354 e. The van der Waals surface area contributed by atoms with Crippen LogP contribution in [0.4, 0.5) is 4.39 Å². The summed E-state index contributed by atoms with van der Waals surface area (Å²) in [6.07, 6.45) is 3.32. The number of hydrogen-bond donors (Lipinski definition) is 1. The van der Waals surface area contributed by atoms with E-state index in [0.29, 0.717) is 6.54 Å². The number of hydrogen-bond acceptors (Lipinski definition) is 2. The largest absolute Gasteiger partial charge is 0.477 e. The van der Waals surface area contributed by atoms with Crippen molar-refractivity contribution >= 4 is 16.9 Å². The Morgan fingerprint density at radius 3 is 2.90 bits per heavy atom. The van der Waals surface area contributed by atoms with E-state index in [1.807, 2.05) is 16.8 Å². The number of halogens is 1. The third-order valence-corrected chi connectivity index (χ3v) is 3.13. The Bertz CT molecular complexity index is 795. The average molecular weight is 270 g/mol. The fourth-order valence-corrected chi connectivity index (χ4v) is 2.18. The highest BCUT2D eigenvalue weighted by Gasteiger charge is 2.07. The van der Waals surface area contributed by atoms with Crippen LogP contribution in [0.5, 0.6) is 0 Å². The van der Waals surface area contributed by atoms with Crippen molar-refractivity contribution in [3.63, 3.8) is 0 Å². The summed E-state index contributed by atoms with van der Waals surface area (Å²) in [5, 5.41) is 9.87. The van der Waals surface area contributed by atoms with Gasteiger partial charge in [0.05, 0.1) is 5.52 Å². The third kappa shape index (κ3) is 2.25. The zero-order valence-corrected chi connectivity index (χ0v) is 10.5. The van der Waals surface area contributed by atoms with Crippen molar-refractivity contribution in [3.05, 3.63) is 65.9 Å². The van der Waals surface area contributed by atoms with Crippen molar-refractivity contribution in [1.29, 1.82) is 0 Å². The average Bonchev–Trinajstić information content (AvgIpc) is 2.82. The van der Waals surface area contributed by atoms with E-state index in [1.165, 1.54) is 24.4 Å². The maximum absolute atomic E-state index is 13.3. The number of pyridine rings is 1. The molecule has 0 unspecified atom stereocenters. The molecule has 4 nitrogen and oxygen atoms in total. The van der Waals surface area contributed by atoms with Gasteiger partial charge in [-0.05, 0) is 47.3 Å². The van der Waals surface area contributed by atoms with Gasteiger partial charge >= 0.3 is 5.97 Å². The van der Waals surface area contributed by atoms with Crippen LogP contribution >= 0.6 is 0 Å². The van der Waals surface area contributed by atoms with Gasteiger partial charge < -0.3 is 9.67 Å². The number of fused-ring (bicyclic) bond motifs is 1. The number of nitrogens with zero attached hydrogens (tertiary/aromatic N) is 2. The van der Waals surface area contributed by atoms with Gasteiger partial charge in [0.15, 0.2) is 0 Å². The number of rotatable bonds is 3. The Hall–Kier alpha value is -2.69. The molecule has 0 aliphatic rings. The van der Waals surface area contributed by atoms with E-state index in [4.69, 9.17) is 5.11 Å². The number of aromatic nitrogens is 2. The molecule has 0 bridgehead atoms. The molecule has 3 aromatic rings. The van der Waals surface area contributed by atoms with Crippen molar-refractivity contribution < 1.29 is 14.3 Å². The number of carboxylic acid groups (broad SMARTS) is 1. The standard InChI is InChI=1S/C15H11FN2O2/c16-12-2-1-11-4-6-18(14(11)8-12)9-10-3-5-17-13(7-10)15(19)20/h1-8H,9H2,(H,19,20). The molecule has 1 N–H and O–H groups in total. The monoisotopic (exact) mass is 270 g/mol. The van der Waals surface area contributed by atoms with Gasteiger partial charge in [-0.2, -0.15) is 0 Å². The molecule has 100 valence electrons. The Morgan fingerprint density at radius 1 is 1.25 bits per heavy atom. The highest BCUT2D eigenvalue weighted by molar-refractivity contribution is 5.85. The van der Waals surface area contributed by atoms with Crippen LogP contribution in [0.2, 0.25) is 0 Å². The number of carbonyl (C=O) groups is 1. The van der Waals surface area contributed by atoms with Crippen LogP contribution in [-0.2, 0) is 6.54 Å². The summed E-state index contributed by atoms with van der Waals surface area (Å²) in [6.45, 7) is 0.468. The van der Waals surface area contributed by atoms with E-state index in [0.717, 1.165) is 16.5 Å². The van der Waals surface area contributed by atoms with Gasteiger partial charge in [0.2, 0.25) is 0 Å². The second-order valence-electron chi connectivity index (χ2n) is 4.50. The van der Waals surface area contributed by atoms with Crippen LogP contribution in [0, 0.1) is 5.82 Å². The molecule has 5 heteroatoms. The van der Waals surface area contributed by atoms with Crippen LogP contribution in [0.1, 0.15) is 16.1 Å². The highest BCUT2D eigenvalue weighted by Crippen LogP contribution is 2.18. The topological polar surface area (TPSA) is 55.1 Å². The zero-order valence-electron chi connectivity index (χ0n) is 10.5. The van der Waals surface area contributed by atoms with Crippen LogP contribution in [0.15, 0.2) is 48.8 Å². The van der Waals surface area contributed by atoms with E-state index in [1.54, 1.807) is 12.1 Å². The molecule has 0 aliphatic heterocycles. The Kier molecular flexibility index (Phi) is 2.95. The molecule has 20 heavy (non-hydrogen) atoms. The summed E-state index contributed by atoms with van der Waals surface area (Å²) in [6, 6.07) is 9.77. The molecular weight excluding hydrogens is 259 g/mol. The first-order chi connectivity index (χ1) is 9.63. The van der Waals surface area contributed by atoms with Crippen LogP contribution < -0.4 is 0 Å². The zero-order chi connectivity index (χ0) is 14.1. The Balaban J connectivity index is 1.99. The van der Waals surface area contributed by atoms with E-state index in [9.17, 15) is 9.18 Å². The fourth-order valence-electron chi connectivity index (χ4n) is 2.18. The Morgan fingerprint density at radius 2 is 2.10 bits per heavy atom. The third-order valence-electron chi connectivity index (χ3n) is 3.13. The molecule has 3 rings (SSSR count). The highest BCUT2D eigenvalue weighted by atomic mass is 19.1. The lowest BCUT2D eigenvalue weighted by atomic mass is 10.2. The van der Waals surface area contributed by atoms with Crippen molar-refractivity contribution in [1.82, 2.24) is 9.55 Å². The van der Waals surface area contributed by atoms with Crippen LogP contribution in [-0.4, -0.2) is 20.6 Å². The summed E-state index contributed by atoms with van der Waals surface area (Å²) in [5.41, 5.74) is 1.59. The molecule has 2 aromatic heterocycles. The lowest BCUT2D eigenvalue weighted by Gasteiger charge is -2.06. The quantitative estimate of drug-likeness (QED) is 0.796. The minimum atomic E-state index is -1.06. The second-order valence-corrected chi connectivity index (χ2v) is 4.50. The van der Waals surface area contributed by atoms with Crippen LogP contribution in [0.3, 0.4) is 0 Å². The molecule has 0 radical (unpaired) electrons. The minimum absolute atomic E-state index is 0.00476. The maximum atomic E-state index is 13.3. The molecule has 0 amide bonds. The molecule has 0 saturated heterocycles. The first kappa shape index (κ1) is 12.3. The summed E-state index contributed by atoms with van der Waals surface area (Å²) < 4.78 is 15.2. The first-order valence-corrected chi connectivity index (χ1v) is 6.06. The molecule has 0 atom stereocenters. The number of carboxylic acids is 1. The SMILES string of the molecule is O=C(O)c1cc(Cn2ccc3ccc(F)cc32)ccn1. The van der Waals surface area contributed by atoms with Gasteiger partial charge in [0, 0.05) is 18.9 Å². The molecule has 0 aliphatic carbocycles. The number of aromatic carboxylic acids is 1. The van der Waals surface area contributed by atoms with Crippen molar-refractivity contribution in [2.24, 2.45) is 0 Å². The minimum Gasteiger partial charge on any atom is -0.477 e. The predicted molar refractivity (Wildman–Crippen MR) is 72.2 cm³/mol. The number of benzene rings is 1. The summed E-state index contributed by atoms with van der Waals surface area (Å²) >= 11 is 0. The molecule has 0 saturated carbocycles. The van der Waals surface area contributed by atoms with Crippen LogP contribution in [0.25, 0.3) is 10.9 Å². The predicted octanol–water partition coefficient (Wildman–Crippen LogP) is 2.92. The van der Waals surface area contributed by atoms with Gasteiger partial charge in [-0.25, -0.2) is 14.2 Å². The van der Waals surface area contributed by atoms with E-state index < -0.39 is 5.97 Å². The van der Waals surface area contributed by atoms with Crippen molar-refractivity contribution in [2.45, 2.75) is 6.54 Å². The molecule has 0 spiro atoms. The maximum Gasteiger partial charge on any atom is 0.354 e. The summed E-state index contributed by atoms with van der Waals surface area (Å²) in [7, 11) is 0. The van der Waals surface area contributed by atoms with Crippen molar-refractivity contribution in [3.8, 4) is 0 Å². The lowest BCUT2D eigenvalue weighted by Crippen LogP contribution is -2.03. The van der Waals surface area contributed by atoms with Crippen molar-refractivity contribution in [2.75, 3.05) is 0 Å². The second kappa shape index (κ2) is 4.77. The van der Waals surface area contributed by atoms with Gasteiger partial charge in [0.1, 0.15) is 11.5 Å². The van der Waals surface area contributed by atoms with Gasteiger partial charge in [-0.15, -0.1) is 0 Å². The summed E-state index contributed by atoms with van der Waals surface area (Å²) in [4.78, 5) is 14.7. The Labute approximate surface area is 114 Å². The summed E-state index contributed by atoms with van der Waals surface area (Å²) in [5.74, 6) is -1.35. The van der Waals surface area contributed by atoms with Gasteiger partial charge in [-0.1, -0.05) is 0 Å². The van der Waals surface area contributed by atoms with E-state index >= 15 is 0 Å². The lowest BCUT2D eigenvalue weighted by molar-refractivity contribution is 0.0690. The van der Waals surface area contributed by atoms with Gasteiger partial charge in [-0.3, -0.25) is 0 Å². The molecule has 0 fully saturated rings. The first-order valence-electron chi connectivity index (χ1n) is 6.06. The van der Waals surface area contributed by atoms with E-state index in [2.05, 4.69) is 4.98 Å². The van der Waals surface area contributed by atoms with E-state index in [-0.39, 0.29) is 11.5 Å². The molecule has 2 heterocycles.